The van der Waals surface area contributed by atoms with Crippen molar-refractivity contribution < 1.29 is 14.6 Å². The molecule has 1 aromatic heterocycles. The summed E-state index contributed by atoms with van der Waals surface area (Å²) in [7, 11) is 1.42. The fourth-order valence-electron chi connectivity index (χ4n) is 2.25. The molecule has 2 rings (SSSR count). The number of aromatic nitrogens is 1. The Labute approximate surface area is 123 Å². The Morgan fingerprint density at radius 2 is 2.05 bits per heavy atom. The highest BCUT2D eigenvalue weighted by molar-refractivity contribution is 5.88. The SMILES string of the molecule is CCCCCCOc1ccc2c(OC)c(O)c(=O)[nH]c2c1. The monoisotopic (exact) mass is 291 g/mol. The third-order valence-electron chi connectivity index (χ3n) is 3.38. The first-order valence-corrected chi connectivity index (χ1v) is 7.23. The number of hydrogen-bond donors (Lipinski definition) is 2. The maximum atomic E-state index is 11.6. The van der Waals surface area contributed by atoms with E-state index in [1.165, 1.54) is 20.0 Å². The first kappa shape index (κ1) is 15.2. The van der Waals surface area contributed by atoms with Gasteiger partial charge in [-0.05, 0) is 18.6 Å². The number of methoxy groups -OCH3 is 1. The number of aromatic amines is 1. The second-order valence-electron chi connectivity index (χ2n) is 4.95. The van der Waals surface area contributed by atoms with Gasteiger partial charge in [-0.25, -0.2) is 0 Å². The fraction of sp³-hybridized carbons (Fsp3) is 0.438. The molecule has 0 bridgehead atoms. The van der Waals surface area contributed by atoms with Crippen molar-refractivity contribution in [3.8, 4) is 17.2 Å². The quantitative estimate of drug-likeness (QED) is 0.768. The van der Waals surface area contributed by atoms with E-state index in [1.807, 2.05) is 6.07 Å². The van der Waals surface area contributed by atoms with Crippen molar-refractivity contribution >= 4 is 10.9 Å². The van der Waals surface area contributed by atoms with Crippen molar-refractivity contribution in [2.24, 2.45) is 0 Å². The first-order valence-electron chi connectivity index (χ1n) is 7.23. The van der Waals surface area contributed by atoms with Crippen LogP contribution in [0.25, 0.3) is 10.9 Å². The molecule has 0 saturated heterocycles. The van der Waals surface area contributed by atoms with Gasteiger partial charge in [0.25, 0.3) is 5.56 Å². The first-order chi connectivity index (χ1) is 10.2. The molecule has 0 unspecified atom stereocenters. The molecule has 0 spiro atoms. The number of nitrogens with one attached hydrogen (secondary N) is 1. The van der Waals surface area contributed by atoms with Gasteiger partial charge in [0, 0.05) is 11.5 Å². The van der Waals surface area contributed by atoms with Crippen molar-refractivity contribution in [2.75, 3.05) is 13.7 Å². The van der Waals surface area contributed by atoms with E-state index in [9.17, 15) is 9.90 Å². The lowest BCUT2D eigenvalue weighted by atomic mass is 10.2. The number of hydrogen-bond acceptors (Lipinski definition) is 4. The van der Waals surface area contributed by atoms with E-state index in [2.05, 4.69) is 11.9 Å². The minimum absolute atomic E-state index is 0.184. The summed E-state index contributed by atoms with van der Waals surface area (Å²) in [5.41, 5.74) is 0.0140. The summed E-state index contributed by atoms with van der Waals surface area (Å²) in [6, 6.07) is 5.33. The van der Waals surface area contributed by atoms with Crippen LogP contribution in [0.1, 0.15) is 32.6 Å². The van der Waals surface area contributed by atoms with Crippen molar-refractivity contribution in [2.45, 2.75) is 32.6 Å². The van der Waals surface area contributed by atoms with Gasteiger partial charge in [0.15, 0.2) is 5.75 Å². The molecule has 2 aromatic rings. The van der Waals surface area contributed by atoms with Crippen molar-refractivity contribution in [1.82, 2.24) is 4.98 Å². The topological polar surface area (TPSA) is 71.5 Å². The van der Waals surface area contributed by atoms with Gasteiger partial charge in [-0.3, -0.25) is 4.79 Å². The molecular weight excluding hydrogens is 270 g/mol. The highest BCUT2D eigenvalue weighted by atomic mass is 16.5. The largest absolute Gasteiger partial charge is 0.500 e. The van der Waals surface area contributed by atoms with Crippen LogP contribution in [0.15, 0.2) is 23.0 Å². The molecule has 0 aliphatic heterocycles. The third-order valence-corrected chi connectivity index (χ3v) is 3.38. The average molecular weight is 291 g/mol. The molecule has 5 heteroatoms. The van der Waals surface area contributed by atoms with Crippen LogP contribution in [0.4, 0.5) is 0 Å². The van der Waals surface area contributed by atoms with Crippen LogP contribution in [0.5, 0.6) is 17.2 Å². The molecule has 114 valence electrons. The summed E-state index contributed by atoms with van der Waals surface area (Å²) in [5.74, 6) is 0.476. The van der Waals surface area contributed by atoms with Crippen LogP contribution in [0, 0.1) is 0 Å². The molecule has 5 nitrogen and oxygen atoms in total. The zero-order chi connectivity index (χ0) is 15.2. The zero-order valence-corrected chi connectivity index (χ0v) is 12.4. The lowest BCUT2D eigenvalue weighted by molar-refractivity contribution is 0.305. The number of ether oxygens (including phenoxy) is 2. The molecule has 0 amide bonds. The minimum atomic E-state index is -0.570. The summed E-state index contributed by atoms with van der Waals surface area (Å²) < 4.78 is 10.8. The Kier molecular flexibility index (Phi) is 5.09. The van der Waals surface area contributed by atoms with E-state index in [-0.39, 0.29) is 5.75 Å². The van der Waals surface area contributed by atoms with Crippen molar-refractivity contribution in [3.05, 3.63) is 28.6 Å². The standard InChI is InChI=1S/C16H21NO4/c1-3-4-5-6-9-21-11-7-8-12-13(10-11)17-16(19)14(18)15(12)20-2/h7-8,10,18H,3-6,9H2,1-2H3,(H,17,19). The molecule has 0 aliphatic rings. The number of rotatable bonds is 7. The van der Waals surface area contributed by atoms with E-state index in [0.717, 1.165) is 12.8 Å². The molecule has 0 saturated carbocycles. The normalized spacial score (nSPS) is 10.8. The van der Waals surface area contributed by atoms with E-state index in [4.69, 9.17) is 9.47 Å². The summed E-state index contributed by atoms with van der Waals surface area (Å²) in [6.45, 7) is 2.83. The van der Waals surface area contributed by atoms with E-state index in [1.54, 1.807) is 12.1 Å². The number of aromatic hydroxyl groups is 1. The third kappa shape index (κ3) is 3.48. The fourth-order valence-corrected chi connectivity index (χ4v) is 2.25. The summed E-state index contributed by atoms with van der Waals surface area (Å²) >= 11 is 0. The minimum Gasteiger partial charge on any atom is -0.500 e. The highest BCUT2D eigenvalue weighted by Gasteiger charge is 2.12. The molecule has 0 aliphatic carbocycles. The number of pyridine rings is 1. The van der Waals surface area contributed by atoms with Crippen molar-refractivity contribution in [3.63, 3.8) is 0 Å². The lowest BCUT2D eigenvalue weighted by Crippen LogP contribution is -2.07. The zero-order valence-electron chi connectivity index (χ0n) is 12.4. The van der Waals surface area contributed by atoms with Crippen LogP contribution >= 0.6 is 0 Å². The summed E-state index contributed by atoms with van der Waals surface area (Å²) in [4.78, 5) is 14.2. The predicted octanol–water partition coefficient (Wildman–Crippen LogP) is 3.20. The van der Waals surface area contributed by atoms with Gasteiger partial charge in [0.05, 0.1) is 19.2 Å². The number of unbranched alkanes of at least 4 members (excludes halogenated alkanes) is 3. The van der Waals surface area contributed by atoms with E-state index in [0.29, 0.717) is 23.3 Å². The number of benzene rings is 1. The Balaban J connectivity index is 2.18. The summed E-state index contributed by atoms with van der Waals surface area (Å²) in [5, 5.41) is 10.3. The lowest BCUT2D eigenvalue weighted by Gasteiger charge is -2.10. The van der Waals surface area contributed by atoms with Crippen LogP contribution < -0.4 is 15.0 Å². The van der Waals surface area contributed by atoms with Crippen LogP contribution in [-0.4, -0.2) is 23.8 Å². The van der Waals surface area contributed by atoms with Gasteiger partial charge in [-0.15, -0.1) is 0 Å². The van der Waals surface area contributed by atoms with Gasteiger partial charge < -0.3 is 19.6 Å². The second kappa shape index (κ2) is 7.02. The maximum Gasteiger partial charge on any atom is 0.294 e. The van der Waals surface area contributed by atoms with E-state index < -0.39 is 11.3 Å². The number of fused-ring (bicyclic) bond motifs is 1. The number of H-pyrrole nitrogens is 1. The van der Waals surface area contributed by atoms with Crippen molar-refractivity contribution in [1.29, 1.82) is 0 Å². The van der Waals surface area contributed by atoms with Crippen LogP contribution in [0.2, 0.25) is 0 Å². The molecule has 21 heavy (non-hydrogen) atoms. The van der Waals surface area contributed by atoms with Gasteiger partial charge in [-0.1, -0.05) is 26.2 Å². The average Bonchev–Trinajstić information content (AvgIpc) is 2.48. The van der Waals surface area contributed by atoms with Gasteiger partial charge in [-0.2, -0.15) is 0 Å². The Morgan fingerprint density at radius 3 is 2.76 bits per heavy atom. The Bertz CT molecular complexity index is 663. The van der Waals surface area contributed by atoms with Gasteiger partial charge >= 0.3 is 0 Å². The second-order valence-corrected chi connectivity index (χ2v) is 4.95. The molecule has 0 atom stereocenters. The van der Waals surface area contributed by atoms with Crippen LogP contribution in [0.3, 0.4) is 0 Å². The molecule has 2 N–H and O–H groups in total. The molecule has 0 fully saturated rings. The Morgan fingerprint density at radius 1 is 1.24 bits per heavy atom. The smallest absolute Gasteiger partial charge is 0.294 e. The van der Waals surface area contributed by atoms with Gasteiger partial charge in [0.1, 0.15) is 5.75 Å². The molecule has 1 aromatic carbocycles. The van der Waals surface area contributed by atoms with Crippen LogP contribution in [-0.2, 0) is 0 Å². The Hall–Kier alpha value is -2.17. The highest BCUT2D eigenvalue weighted by Crippen LogP contribution is 2.31. The van der Waals surface area contributed by atoms with E-state index >= 15 is 0 Å². The molecule has 0 radical (unpaired) electrons. The molecule has 1 heterocycles. The maximum absolute atomic E-state index is 11.6. The summed E-state index contributed by atoms with van der Waals surface area (Å²) in [6.07, 6.45) is 4.58. The van der Waals surface area contributed by atoms with Gasteiger partial charge in [0.2, 0.25) is 5.75 Å². The predicted molar refractivity (Wildman–Crippen MR) is 82.4 cm³/mol. The molecular formula is C16H21NO4.